The van der Waals surface area contributed by atoms with Gasteiger partial charge in [0.15, 0.2) is 0 Å². The van der Waals surface area contributed by atoms with Gasteiger partial charge in [-0.25, -0.2) is 13.4 Å². The second-order valence-electron chi connectivity index (χ2n) is 6.29. The third-order valence-electron chi connectivity index (χ3n) is 4.57. The number of aromatic nitrogens is 2. The standard InChI is InChI=1S/C18H22N4O4S/c1-26-17-5-4-14(11-20-17)12-21-18(23)15-6-9-22(10-7-15)27(24,25)16-3-2-8-19-13-16/h2-5,8,11,13,15H,6-7,9-10,12H2,1H3,(H,21,23). The highest BCUT2D eigenvalue weighted by molar-refractivity contribution is 7.89. The molecule has 0 aliphatic carbocycles. The molecule has 2 aromatic rings. The molecule has 1 aliphatic rings. The van der Waals surface area contributed by atoms with Crippen LogP contribution in [0.1, 0.15) is 18.4 Å². The minimum atomic E-state index is -3.55. The first-order valence-electron chi connectivity index (χ1n) is 8.67. The minimum Gasteiger partial charge on any atom is -0.481 e. The van der Waals surface area contributed by atoms with E-state index in [1.54, 1.807) is 25.4 Å². The van der Waals surface area contributed by atoms with Crippen LogP contribution in [0.3, 0.4) is 0 Å². The number of hydrogen-bond donors (Lipinski definition) is 1. The van der Waals surface area contributed by atoms with Gasteiger partial charge in [-0.2, -0.15) is 4.31 Å². The molecule has 0 atom stereocenters. The minimum absolute atomic E-state index is 0.0655. The van der Waals surface area contributed by atoms with Crippen LogP contribution in [-0.2, 0) is 21.4 Å². The summed E-state index contributed by atoms with van der Waals surface area (Å²) in [5.41, 5.74) is 0.876. The lowest BCUT2D eigenvalue weighted by molar-refractivity contribution is -0.126. The first kappa shape index (κ1) is 19.2. The smallest absolute Gasteiger partial charge is 0.244 e. The summed E-state index contributed by atoms with van der Waals surface area (Å²) in [5, 5.41) is 2.89. The molecule has 0 saturated carbocycles. The van der Waals surface area contributed by atoms with Crippen LogP contribution in [0.4, 0.5) is 0 Å². The van der Waals surface area contributed by atoms with E-state index in [1.165, 1.54) is 22.8 Å². The molecule has 1 aliphatic heterocycles. The maximum atomic E-state index is 12.6. The molecule has 0 unspecified atom stereocenters. The van der Waals surface area contributed by atoms with E-state index in [1.807, 2.05) is 6.07 Å². The summed E-state index contributed by atoms with van der Waals surface area (Å²) in [6.45, 7) is 1.02. The summed E-state index contributed by atoms with van der Waals surface area (Å²) >= 11 is 0. The molecule has 0 radical (unpaired) electrons. The van der Waals surface area contributed by atoms with Crippen molar-refractivity contribution in [2.45, 2.75) is 24.3 Å². The van der Waals surface area contributed by atoms with Gasteiger partial charge >= 0.3 is 0 Å². The van der Waals surface area contributed by atoms with Gasteiger partial charge in [-0.3, -0.25) is 9.78 Å². The average molecular weight is 390 g/mol. The fourth-order valence-corrected chi connectivity index (χ4v) is 4.41. The zero-order chi connectivity index (χ0) is 19.3. The van der Waals surface area contributed by atoms with Crippen LogP contribution < -0.4 is 10.1 Å². The maximum Gasteiger partial charge on any atom is 0.244 e. The van der Waals surface area contributed by atoms with E-state index in [-0.39, 0.29) is 16.7 Å². The average Bonchev–Trinajstić information content (AvgIpc) is 2.73. The number of carbonyl (C=O) groups is 1. The molecule has 1 fully saturated rings. The number of ether oxygens (including phenoxy) is 1. The molecule has 0 bridgehead atoms. The van der Waals surface area contributed by atoms with Crippen molar-refractivity contribution in [1.82, 2.24) is 19.6 Å². The summed E-state index contributed by atoms with van der Waals surface area (Å²) < 4.78 is 31.6. The molecule has 9 heteroatoms. The molecule has 0 spiro atoms. The van der Waals surface area contributed by atoms with Crippen molar-refractivity contribution in [3.63, 3.8) is 0 Å². The van der Waals surface area contributed by atoms with E-state index in [9.17, 15) is 13.2 Å². The Hall–Kier alpha value is -2.52. The van der Waals surface area contributed by atoms with Crippen molar-refractivity contribution in [3.8, 4) is 5.88 Å². The Kier molecular flexibility index (Phi) is 6.02. The number of nitrogens with zero attached hydrogens (tertiary/aromatic N) is 3. The Balaban J connectivity index is 1.51. The number of methoxy groups -OCH3 is 1. The van der Waals surface area contributed by atoms with Crippen molar-refractivity contribution >= 4 is 15.9 Å². The molecular formula is C18H22N4O4S. The van der Waals surface area contributed by atoms with Gasteiger partial charge in [-0.1, -0.05) is 6.07 Å². The third-order valence-corrected chi connectivity index (χ3v) is 6.45. The molecule has 1 amide bonds. The number of carbonyl (C=O) groups excluding carboxylic acids is 1. The zero-order valence-corrected chi connectivity index (χ0v) is 15.9. The van der Waals surface area contributed by atoms with E-state index < -0.39 is 10.0 Å². The molecule has 2 aromatic heterocycles. The van der Waals surface area contributed by atoms with Gasteiger partial charge in [0.25, 0.3) is 0 Å². The molecule has 1 saturated heterocycles. The Morgan fingerprint density at radius 3 is 2.63 bits per heavy atom. The Labute approximate surface area is 158 Å². The largest absolute Gasteiger partial charge is 0.481 e. The fraction of sp³-hybridized carbons (Fsp3) is 0.389. The van der Waals surface area contributed by atoms with Gasteiger partial charge in [0, 0.05) is 50.2 Å². The van der Waals surface area contributed by atoms with Gasteiger partial charge in [0.05, 0.1) is 7.11 Å². The second kappa shape index (κ2) is 8.45. The Morgan fingerprint density at radius 1 is 1.26 bits per heavy atom. The molecule has 3 heterocycles. The van der Waals surface area contributed by atoms with Crippen molar-refractivity contribution in [3.05, 3.63) is 48.4 Å². The molecule has 1 N–H and O–H groups in total. The van der Waals surface area contributed by atoms with Crippen LogP contribution in [0.15, 0.2) is 47.8 Å². The molecular weight excluding hydrogens is 368 g/mol. The van der Waals surface area contributed by atoms with Crippen LogP contribution >= 0.6 is 0 Å². The van der Waals surface area contributed by atoms with Crippen LogP contribution in [0.5, 0.6) is 5.88 Å². The lowest BCUT2D eigenvalue weighted by atomic mass is 9.97. The molecule has 8 nitrogen and oxygen atoms in total. The quantitative estimate of drug-likeness (QED) is 0.795. The second-order valence-corrected chi connectivity index (χ2v) is 8.23. The number of hydrogen-bond acceptors (Lipinski definition) is 6. The monoisotopic (exact) mass is 390 g/mol. The van der Waals surface area contributed by atoms with Gasteiger partial charge in [0.2, 0.25) is 21.8 Å². The number of amides is 1. The molecule has 144 valence electrons. The van der Waals surface area contributed by atoms with E-state index in [0.29, 0.717) is 38.4 Å². The molecule has 27 heavy (non-hydrogen) atoms. The Morgan fingerprint density at radius 2 is 2.04 bits per heavy atom. The van der Waals surface area contributed by atoms with E-state index in [4.69, 9.17) is 4.74 Å². The van der Waals surface area contributed by atoms with Crippen molar-refractivity contribution < 1.29 is 17.9 Å². The number of sulfonamides is 1. The van der Waals surface area contributed by atoms with Gasteiger partial charge in [-0.05, 0) is 30.5 Å². The van der Waals surface area contributed by atoms with Crippen molar-refractivity contribution in [1.29, 1.82) is 0 Å². The molecule has 3 rings (SSSR count). The highest BCUT2D eigenvalue weighted by Gasteiger charge is 2.32. The summed E-state index contributed by atoms with van der Waals surface area (Å²) in [6, 6.07) is 6.71. The van der Waals surface area contributed by atoms with Crippen molar-refractivity contribution in [2.24, 2.45) is 5.92 Å². The SMILES string of the molecule is COc1ccc(CNC(=O)C2CCN(S(=O)(=O)c3cccnc3)CC2)cn1. The fourth-order valence-electron chi connectivity index (χ4n) is 2.98. The van der Waals surface area contributed by atoms with Gasteiger partial charge < -0.3 is 10.1 Å². The van der Waals surface area contributed by atoms with Crippen molar-refractivity contribution in [2.75, 3.05) is 20.2 Å². The summed E-state index contributed by atoms with van der Waals surface area (Å²) in [5.74, 6) is 0.257. The third kappa shape index (κ3) is 4.61. The maximum absolute atomic E-state index is 12.6. The van der Waals surface area contributed by atoms with E-state index in [2.05, 4.69) is 15.3 Å². The first-order chi connectivity index (χ1) is 13.0. The predicted molar refractivity (Wildman–Crippen MR) is 98.4 cm³/mol. The van der Waals surface area contributed by atoms with Gasteiger partial charge in [0.1, 0.15) is 4.90 Å². The summed E-state index contributed by atoms with van der Waals surface area (Å²) in [7, 11) is -2.01. The lowest BCUT2D eigenvalue weighted by Gasteiger charge is -2.30. The summed E-state index contributed by atoms with van der Waals surface area (Å²) in [6.07, 6.45) is 5.52. The topological polar surface area (TPSA) is 101 Å². The predicted octanol–water partition coefficient (Wildman–Crippen LogP) is 1.20. The van der Waals surface area contributed by atoms with Crippen LogP contribution in [-0.4, -0.2) is 48.8 Å². The Bertz CT molecular complexity index is 864. The number of pyridine rings is 2. The number of piperidine rings is 1. The summed E-state index contributed by atoms with van der Waals surface area (Å²) in [4.78, 5) is 20.5. The van der Waals surface area contributed by atoms with Crippen LogP contribution in [0.2, 0.25) is 0 Å². The highest BCUT2D eigenvalue weighted by Crippen LogP contribution is 2.23. The first-order valence-corrected chi connectivity index (χ1v) is 10.1. The highest BCUT2D eigenvalue weighted by atomic mass is 32.2. The zero-order valence-electron chi connectivity index (χ0n) is 15.0. The van der Waals surface area contributed by atoms with Gasteiger partial charge in [-0.15, -0.1) is 0 Å². The molecule has 0 aromatic carbocycles. The van der Waals surface area contributed by atoms with E-state index in [0.717, 1.165) is 5.56 Å². The number of rotatable bonds is 6. The van der Waals surface area contributed by atoms with Crippen LogP contribution in [0.25, 0.3) is 0 Å². The lowest BCUT2D eigenvalue weighted by Crippen LogP contribution is -2.42. The van der Waals surface area contributed by atoms with E-state index >= 15 is 0 Å². The normalized spacial score (nSPS) is 16.0. The van der Waals surface area contributed by atoms with Crippen LogP contribution in [0, 0.1) is 5.92 Å². The number of nitrogens with one attached hydrogen (secondary N) is 1.